The Morgan fingerprint density at radius 2 is 1.78 bits per heavy atom. The van der Waals surface area contributed by atoms with Crippen LogP contribution in [0, 0.1) is 20.8 Å². The zero-order chi connectivity index (χ0) is 26.1. The van der Waals surface area contributed by atoms with Gasteiger partial charge in [0.15, 0.2) is 5.82 Å². The summed E-state index contributed by atoms with van der Waals surface area (Å²) in [5.41, 5.74) is 6.51. The molecule has 4 aromatic rings. The summed E-state index contributed by atoms with van der Waals surface area (Å²) in [4.78, 5) is 21.2. The minimum absolute atomic E-state index is 0.111. The van der Waals surface area contributed by atoms with Gasteiger partial charge in [0.1, 0.15) is 16.9 Å². The Bertz CT molecular complexity index is 1450. The van der Waals surface area contributed by atoms with E-state index in [-0.39, 0.29) is 12.4 Å². The molecular weight excluding hydrogens is 482 g/mol. The number of anilines is 1. The van der Waals surface area contributed by atoms with Gasteiger partial charge in [-0.3, -0.25) is 14.4 Å². The predicted molar refractivity (Wildman–Crippen MR) is 148 cm³/mol. The zero-order valence-electron chi connectivity index (χ0n) is 21.9. The second-order valence-corrected chi connectivity index (χ2v) is 10.5. The van der Waals surface area contributed by atoms with Crippen molar-refractivity contribution in [1.29, 1.82) is 0 Å². The molecule has 7 nitrogen and oxygen atoms in total. The van der Waals surface area contributed by atoms with Crippen LogP contribution in [0.3, 0.4) is 0 Å². The Kier molecular flexibility index (Phi) is 6.93. The van der Waals surface area contributed by atoms with E-state index >= 15 is 0 Å². The van der Waals surface area contributed by atoms with E-state index in [9.17, 15) is 4.79 Å². The van der Waals surface area contributed by atoms with E-state index in [1.807, 2.05) is 19.9 Å². The number of aliphatic imine (C=N–C) groups is 1. The first-order valence-electron chi connectivity index (χ1n) is 12.5. The number of thiophene rings is 1. The number of aromatic nitrogens is 3. The number of carbonyl (C=O) groups is 1. The Hall–Kier alpha value is -3.78. The zero-order valence-corrected chi connectivity index (χ0v) is 22.7. The van der Waals surface area contributed by atoms with E-state index in [0.717, 1.165) is 39.9 Å². The first kappa shape index (κ1) is 24.9. The van der Waals surface area contributed by atoms with Crippen molar-refractivity contribution in [2.24, 2.45) is 4.99 Å². The van der Waals surface area contributed by atoms with Crippen LogP contribution in [0.25, 0.3) is 5.00 Å². The van der Waals surface area contributed by atoms with Gasteiger partial charge in [0.25, 0.3) is 0 Å². The number of hydrogen-bond acceptors (Lipinski definition) is 7. The van der Waals surface area contributed by atoms with Crippen molar-refractivity contribution in [3.05, 3.63) is 93.4 Å². The largest absolute Gasteiger partial charge is 0.466 e. The van der Waals surface area contributed by atoms with Gasteiger partial charge in [-0.25, -0.2) is 0 Å². The van der Waals surface area contributed by atoms with Crippen LogP contribution >= 0.6 is 11.3 Å². The van der Waals surface area contributed by atoms with Crippen molar-refractivity contribution >= 4 is 28.7 Å². The fourth-order valence-corrected chi connectivity index (χ4v) is 5.94. The molecule has 190 valence electrons. The van der Waals surface area contributed by atoms with Gasteiger partial charge in [-0.1, -0.05) is 42.5 Å². The summed E-state index contributed by atoms with van der Waals surface area (Å²) in [5.74, 6) is 1.15. The summed E-state index contributed by atoms with van der Waals surface area (Å²) in [5, 5.41) is 9.83. The van der Waals surface area contributed by atoms with Crippen molar-refractivity contribution in [2.45, 2.75) is 46.7 Å². The molecule has 0 bridgehead atoms. The number of aryl methyl sites for hydroxylation is 2. The average molecular weight is 514 g/mol. The highest BCUT2D eigenvalue weighted by atomic mass is 32.1. The molecule has 8 heteroatoms. The number of fused-ring (bicyclic) bond motifs is 3. The fourth-order valence-electron chi connectivity index (χ4n) is 4.72. The molecule has 1 aliphatic heterocycles. The Morgan fingerprint density at radius 1 is 1.05 bits per heavy atom. The smallest absolute Gasteiger partial charge is 0.308 e. The second-order valence-electron chi connectivity index (χ2n) is 9.30. The van der Waals surface area contributed by atoms with Gasteiger partial charge in [-0.05, 0) is 51.0 Å². The maximum atomic E-state index is 12.5. The summed E-state index contributed by atoms with van der Waals surface area (Å²) in [6.45, 7) is 9.16. The molecule has 0 unspecified atom stereocenters. The monoisotopic (exact) mass is 513 g/mol. The van der Waals surface area contributed by atoms with Gasteiger partial charge < -0.3 is 9.64 Å². The standard InChI is InChI=1S/C29H31N5O2S/c1-6-36-25(35)16-24-28-32-31-20(4)34(28)29-26(18(2)19(3)37-29)27(30-24)22-12-14-23(15-13-22)33(5)17-21-10-8-7-9-11-21/h7-15,24H,6,16-17H2,1-5H3/t24-/m0/s1. The van der Waals surface area contributed by atoms with Crippen LogP contribution < -0.4 is 4.90 Å². The summed E-state index contributed by atoms with van der Waals surface area (Å²) in [6.07, 6.45) is 0.111. The number of nitrogens with zero attached hydrogens (tertiary/aromatic N) is 5. The third kappa shape index (κ3) is 4.81. The Morgan fingerprint density at radius 3 is 2.49 bits per heavy atom. The van der Waals surface area contributed by atoms with Crippen LogP contribution in [0.15, 0.2) is 59.6 Å². The molecule has 5 rings (SSSR count). The molecule has 2 aromatic heterocycles. The lowest BCUT2D eigenvalue weighted by Gasteiger charge is -2.20. The van der Waals surface area contributed by atoms with Crippen molar-refractivity contribution in [3.8, 4) is 5.00 Å². The van der Waals surface area contributed by atoms with Crippen molar-refractivity contribution in [3.63, 3.8) is 0 Å². The van der Waals surface area contributed by atoms with Crippen LogP contribution in [-0.2, 0) is 16.1 Å². The SMILES string of the molecule is CCOC(=O)C[C@@H]1N=C(c2ccc(N(C)Cc3ccccc3)cc2)c2c(sc(C)c2C)-n2c(C)nnc21. The molecule has 3 heterocycles. The van der Waals surface area contributed by atoms with Crippen LogP contribution in [0.1, 0.15) is 58.2 Å². The molecule has 0 fully saturated rings. The molecule has 1 aliphatic rings. The highest BCUT2D eigenvalue weighted by Gasteiger charge is 2.32. The van der Waals surface area contributed by atoms with E-state index < -0.39 is 6.04 Å². The van der Waals surface area contributed by atoms with Gasteiger partial charge >= 0.3 is 5.97 Å². The number of esters is 1. The van der Waals surface area contributed by atoms with Crippen molar-refractivity contribution < 1.29 is 9.53 Å². The van der Waals surface area contributed by atoms with Crippen molar-refractivity contribution in [2.75, 3.05) is 18.6 Å². The molecule has 0 aliphatic carbocycles. The molecule has 0 saturated carbocycles. The van der Waals surface area contributed by atoms with Gasteiger partial charge in [-0.15, -0.1) is 21.5 Å². The quantitative estimate of drug-likeness (QED) is 0.295. The molecule has 0 saturated heterocycles. The topological polar surface area (TPSA) is 72.6 Å². The summed E-state index contributed by atoms with van der Waals surface area (Å²) < 4.78 is 7.33. The van der Waals surface area contributed by atoms with Crippen molar-refractivity contribution in [1.82, 2.24) is 14.8 Å². The van der Waals surface area contributed by atoms with E-state index in [2.05, 4.69) is 89.1 Å². The lowest BCUT2D eigenvalue weighted by atomic mass is 9.99. The van der Waals surface area contributed by atoms with Crippen LogP contribution in [0.2, 0.25) is 0 Å². The summed E-state index contributed by atoms with van der Waals surface area (Å²) >= 11 is 1.71. The van der Waals surface area contributed by atoms with Gasteiger partial charge in [-0.2, -0.15) is 0 Å². The second kappa shape index (κ2) is 10.3. The Labute approximate surface area is 221 Å². The van der Waals surface area contributed by atoms with E-state index in [4.69, 9.17) is 9.73 Å². The lowest BCUT2D eigenvalue weighted by molar-refractivity contribution is -0.143. The van der Waals surface area contributed by atoms with E-state index in [0.29, 0.717) is 12.4 Å². The maximum absolute atomic E-state index is 12.5. The fraction of sp³-hybridized carbons (Fsp3) is 0.310. The normalized spacial score (nSPS) is 14.4. The molecule has 2 aromatic carbocycles. The molecule has 0 radical (unpaired) electrons. The molecule has 0 spiro atoms. The Balaban J connectivity index is 1.56. The first-order chi connectivity index (χ1) is 17.9. The predicted octanol–water partition coefficient (Wildman–Crippen LogP) is 5.74. The van der Waals surface area contributed by atoms with Crippen LogP contribution in [0.5, 0.6) is 0 Å². The third-order valence-corrected chi connectivity index (χ3v) is 7.94. The maximum Gasteiger partial charge on any atom is 0.308 e. The van der Waals surface area contributed by atoms with Crippen LogP contribution in [-0.4, -0.2) is 40.1 Å². The number of carbonyl (C=O) groups excluding carboxylic acids is 1. The van der Waals surface area contributed by atoms with Gasteiger partial charge in [0.05, 0.1) is 18.7 Å². The molecular formula is C29H31N5O2S. The molecule has 0 N–H and O–H groups in total. The minimum atomic E-state index is -0.491. The molecule has 37 heavy (non-hydrogen) atoms. The first-order valence-corrected chi connectivity index (χ1v) is 13.3. The highest BCUT2D eigenvalue weighted by Crippen LogP contribution is 2.39. The van der Waals surface area contributed by atoms with Gasteiger partial charge in [0, 0.05) is 35.3 Å². The number of hydrogen-bond donors (Lipinski definition) is 0. The van der Waals surface area contributed by atoms with Crippen LogP contribution in [0.4, 0.5) is 5.69 Å². The highest BCUT2D eigenvalue weighted by molar-refractivity contribution is 7.15. The molecule has 1 atom stereocenters. The summed E-state index contributed by atoms with van der Waals surface area (Å²) in [6, 6.07) is 18.4. The van der Waals surface area contributed by atoms with E-state index in [1.54, 1.807) is 11.3 Å². The molecule has 0 amide bonds. The average Bonchev–Trinajstić information content (AvgIpc) is 3.37. The van der Waals surface area contributed by atoms with Gasteiger partial charge in [0.2, 0.25) is 0 Å². The third-order valence-electron chi connectivity index (χ3n) is 6.75. The summed E-state index contributed by atoms with van der Waals surface area (Å²) in [7, 11) is 2.10. The number of ether oxygens (including phenoxy) is 1. The number of benzene rings is 2. The lowest BCUT2D eigenvalue weighted by Crippen LogP contribution is -2.16. The minimum Gasteiger partial charge on any atom is -0.466 e. The number of rotatable bonds is 7. The van der Waals surface area contributed by atoms with E-state index in [1.165, 1.54) is 16.0 Å².